The monoisotopic (exact) mass is 474 g/mol. The van der Waals surface area contributed by atoms with Crippen LogP contribution in [0, 0.1) is 5.92 Å². The molecule has 1 heterocycles. The molecule has 1 aliphatic rings. The van der Waals surface area contributed by atoms with E-state index < -0.39 is 31.9 Å². The molecular formula is C18H19ClN2O7S2. The molecular weight excluding hydrogens is 456 g/mol. The molecule has 0 aromatic heterocycles. The number of methoxy groups -OCH3 is 2. The highest BCUT2D eigenvalue weighted by Gasteiger charge is 2.42. The number of hydrogen-bond donors (Lipinski definition) is 1. The van der Waals surface area contributed by atoms with Crippen molar-refractivity contribution in [2.24, 2.45) is 5.92 Å². The summed E-state index contributed by atoms with van der Waals surface area (Å²) in [7, 11) is -5.41. The third kappa shape index (κ3) is 4.05. The number of halogens is 1. The van der Waals surface area contributed by atoms with Gasteiger partial charge in [-0.15, -0.1) is 0 Å². The van der Waals surface area contributed by atoms with Crippen LogP contribution in [0.15, 0.2) is 41.3 Å². The maximum absolute atomic E-state index is 13.0. The predicted octanol–water partition coefficient (Wildman–Crippen LogP) is 2.47. The van der Waals surface area contributed by atoms with E-state index in [2.05, 4.69) is 4.72 Å². The Labute approximate surface area is 179 Å². The van der Waals surface area contributed by atoms with Crippen molar-refractivity contribution < 1.29 is 31.1 Å². The van der Waals surface area contributed by atoms with Crippen molar-refractivity contribution >= 4 is 48.9 Å². The molecule has 0 spiro atoms. The van der Waals surface area contributed by atoms with Gasteiger partial charge in [0.25, 0.3) is 10.0 Å². The zero-order valence-corrected chi connectivity index (χ0v) is 18.6. The van der Waals surface area contributed by atoms with Crippen molar-refractivity contribution in [2.45, 2.75) is 11.8 Å². The van der Waals surface area contributed by atoms with E-state index in [4.69, 9.17) is 21.1 Å². The number of anilines is 2. The molecule has 1 amide bonds. The first-order chi connectivity index (χ1) is 14.0. The lowest BCUT2D eigenvalue weighted by Gasteiger charge is -2.18. The summed E-state index contributed by atoms with van der Waals surface area (Å²) in [5, 5.41) is 0.196. The molecule has 162 valence electrons. The molecule has 2 aromatic rings. The second-order valence-electron chi connectivity index (χ2n) is 6.57. The highest BCUT2D eigenvalue weighted by Crippen LogP contribution is 2.35. The minimum atomic E-state index is -4.22. The van der Waals surface area contributed by atoms with Gasteiger partial charge in [-0.05, 0) is 36.4 Å². The molecule has 0 saturated carbocycles. The van der Waals surface area contributed by atoms with Crippen molar-refractivity contribution in [3.63, 3.8) is 0 Å². The van der Waals surface area contributed by atoms with Crippen LogP contribution < -0.4 is 18.5 Å². The van der Waals surface area contributed by atoms with Gasteiger partial charge in [-0.1, -0.05) is 18.5 Å². The second kappa shape index (κ2) is 7.97. The topological polar surface area (TPSA) is 119 Å². The maximum Gasteiger partial charge on any atom is 0.265 e. The lowest BCUT2D eigenvalue weighted by atomic mass is 10.2. The Hall–Kier alpha value is -2.50. The Morgan fingerprint density at radius 1 is 1.10 bits per heavy atom. The van der Waals surface area contributed by atoms with E-state index in [1.807, 2.05) is 0 Å². The van der Waals surface area contributed by atoms with Gasteiger partial charge in [-0.3, -0.25) is 9.52 Å². The third-order valence-corrected chi connectivity index (χ3v) is 8.00. The highest BCUT2D eigenvalue weighted by atomic mass is 35.5. The summed E-state index contributed by atoms with van der Waals surface area (Å²) in [4.78, 5) is 12.0. The molecule has 9 nitrogen and oxygen atoms in total. The Morgan fingerprint density at radius 2 is 1.73 bits per heavy atom. The fourth-order valence-electron chi connectivity index (χ4n) is 3.03. The molecule has 1 atom stereocenters. The molecule has 2 aromatic carbocycles. The summed E-state index contributed by atoms with van der Waals surface area (Å²) in [5.41, 5.74) is 0.0741. The fraction of sp³-hybridized carbons (Fsp3) is 0.278. The lowest BCUT2D eigenvalue weighted by Crippen LogP contribution is -2.30. The zero-order valence-electron chi connectivity index (χ0n) is 16.2. The third-order valence-electron chi connectivity index (χ3n) is 4.44. The van der Waals surface area contributed by atoms with Gasteiger partial charge in [0.15, 0.2) is 0 Å². The zero-order chi connectivity index (χ0) is 22.3. The van der Waals surface area contributed by atoms with Crippen LogP contribution in [0.4, 0.5) is 11.4 Å². The van der Waals surface area contributed by atoms with Gasteiger partial charge in [-0.25, -0.2) is 21.1 Å². The molecule has 12 heteroatoms. The first kappa shape index (κ1) is 22.2. The van der Waals surface area contributed by atoms with Crippen LogP contribution >= 0.6 is 11.6 Å². The summed E-state index contributed by atoms with van der Waals surface area (Å²) in [6, 6.07) is 8.00. The van der Waals surface area contributed by atoms with Crippen LogP contribution in [0.1, 0.15) is 6.92 Å². The maximum atomic E-state index is 13.0. The second-order valence-corrected chi connectivity index (χ2v) is 10.5. The minimum absolute atomic E-state index is 0.0250. The number of benzene rings is 2. The first-order valence-corrected chi connectivity index (χ1v) is 12.1. The fourth-order valence-corrected chi connectivity index (χ4v) is 6.34. The predicted molar refractivity (Wildman–Crippen MR) is 112 cm³/mol. The normalized spacial score (nSPS) is 18.3. The molecule has 3 rings (SSSR count). The van der Waals surface area contributed by atoms with Crippen LogP contribution in [-0.2, 0) is 24.8 Å². The molecule has 1 aliphatic heterocycles. The van der Waals surface area contributed by atoms with E-state index in [9.17, 15) is 21.6 Å². The summed E-state index contributed by atoms with van der Waals surface area (Å²) < 4.78 is 63.9. The van der Waals surface area contributed by atoms with Crippen molar-refractivity contribution in [3.05, 3.63) is 41.4 Å². The van der Waals surface area contributed by atoms with Gasteiger partial charge in [-0.2, -0.15) is 0 Å². The van der Waals surface area contributed by atoms with Crippen LogP contribution in [0.25, 0.3) is 0 Å². The number of nitrogens with zero attached hydrogens (tertiary/aromatic N) is 1. The number of sulfonamides is 2. The molecule has 0 radical (unpaired) electrons. The number of hydrogen-bond acceptors (Lipinski definition) is 7. The van der Waals surface area contributed by atoms with Crippen molar-refractivity contribution in [1.82, 2.24) is 0 Å². The van der Waals surface area contributed by atoms with Crippen LogP contribution in [-0.4, -0.2) is 42.7 Å². The van der Waals surface area contributed by atoms with E-state index in [-0.39, 0.29) is 32.8 Å². The smallest absolute Gasteiger partial charge is 0.265 e. The van der Waals surface area contributed by atoms with Crippen molar-refractivity contribution in [1.29, 1.82) is 0 Å². The van der Waals surface area contributed by atoms with E-state index in [1.165, 1.54) is 51.5 Å². The van der Waals surface area contributed by atoms with Crippen molar-refractivity contribution in [3.8, 4) is 11.5 Å². The number of carbonyl (C=O) groups is 1. The van der Waals surface area contributed by atoms with E-state index in [1.54, 1.807) is 0 Å². The molecule has 1 fully saturated rings. The molecule has 30 heavy (non-hydrogen) atoms. The van der Waals surface area contributed by atoms with Gasteiger partial charge in [0.1, 0.15) is 16.4 Å². The lowest BCUT2D eigenvalue weighted by molar-refractivity contribution is -0.119. The SMILES string of the molecule is COc1ccc(NS(=O)(=O)c2cc(N3C(=O)[C@@H](C)CS3(=O)=O)ccc2OC)cc1Cl. The van der Waals surface area contributed by atoms with E-state index >= 15 is 0 Å². The summed E-state index contributed by atoms with van der Waals surface area (Å²) in [6.07, 6.45) is 0. The quantitative estimate of drug-likeness (QED) is 0.682. The molecule has 0 bridgehead atoms. The van der Waals surface area contributed by atoms with Gasteiger partial charge < -0.3 is 9.47 Å². The Bertz CT molecular complexity index is 1210. The highest BCUT2D eigenvalue weighted by molar-refractivity contribution is 7.94. The largest absolute Gasteiger partial charge is 0.495 e. The molecule has 1 N–H and O–H groups in total. The summed E-state index contributed by atoms with van der Waals surface area (Å²) in [6.45, 7) is 1.50. The molecule has 1 saturated heterocycles. The number of rotatable bonds is 6. The Morgan fingerprint density at radius 3 is 2.27 bits per heavy atom. The first-order valence-electron chi connectivity index (χ1n) is 8.61. The number of ether oxygens (including phenoxy) is 2. The average Bonchev–Trinajstić information content (AvgIpc) is 2.88. The number of nitrogens with one attached hydrogen (secondary N) is 1. The Balaban J connectivity index is 2.05. The molecule has 0 unspecified atom stereocenters. The number of carbonyl (C=O) groups excluding carboxylic acids is 1. The van der Waals surface area contributed by atoms with Gasteiger partial charge in [0, 0.05) is 0 Å². The summed E-state index contributed by atoms with van der Waals surface area (Å²) >= 11 is 6.04. The number of amides is 1. The van der Waals surface area contributed by atoms with Crippen molar-refractivity contribution in [2.75, 3.05) is 29.0 Å². The summed E-state index contributed by atoms with van der Waals surface area (Å²) in [5.74, 6) is -1.35. The standard InChI is InChI=1S/C18H19ClN2O7S2/c1-11-10-29(23,24)21(18(11)22)13-5-7-16(28-3)17(9-13)30(25,26)20-12-4-6-15(27-2)14(19)8-12/h4-9,11,20H,10H2,1-3H3/t11-/m0/s1. The van der Waals surface area contributed by atoms with Gasteiger partial charge in [0.2, 0.25) is 15.9 Å². The van der Waals surface area contributed by atoms with Gasteiger partial charge >= 0.3 is 0 Å². The van der Waals surface area contributed by atoms with Crippen LogP contribution in [0.3, 0.4) is 0 Å². The van der Waals surface area contributed by atoms with Crippen LogP contribution in [0.5, 0.6) is 11.5 Å². The Kier molecular flexibility index (Phi) is 5.89. The molecule has 0 aliphatic carbocycles. The van der Waals surface area contributed by atoms with E-state index in [0.717, 1.165) is 6.07 Å². The average molecular weight is 475 g/mol. The minimum Gasteiger partial charge on any atom is -0.495 e. The van der Waals surface area contributed by atoms with Crippen LogP contribution in [0.2, 0.25) is 5.02 Å². The van der Waals surface area contributed by atoms with Gasteiger partial charge in [0.05, 0.1) is 42.3 Å². The van der Waals surface area contributed by atoms with E-state index in [0.29, 0.717) is 10.1 Å².